The highest BCUT2D eigenvalue weighted by molar-refractivity contribution is 7.80. The van der Waals surface area contributed by atoms with Crippen molar-refractivity contribution in [2.45, 2.75) is 13.0 Å². The monoisotopic (exact) mass is 432 g/mol. The SMILES string of the molecule is COc1ccc(Cl)cc1N1CC(C(=O)NNC(=S)NCc2ccccc2)CC1=O. The number of hydrogen-bond donors (Lipinski definition) is 3. The van der Waals surface area contributed by atoms with E-state index in [-0.39, 0.29) is 24.8 Å². The molecule has 1 aliphatic heterocycles. The highest BCUT2D eigenvalue weighted by Crippen LogP contribution is 2.35. The largest absolute Gasteiger partial charge is 0.495 e. The number of hydrogen-bond acceptors (Lipinski definition) is 4. The summed E-state index contributed by atoms with van der Waals surface area (Å²) in [5, 5.41) is 3.78. The Hall–Kier alpha value is -2.84. The zero-order chi connectivity index (χ0) is 20.8. The Kier molecular flexibility index (Phi) is 6.90. The van der Waals surface area contributed by atoms with Crippen molar-refractivity contribution < 1.29 is 14.3 Å². The van der Waals surface area contributed by atoms with E-state index in [1.54, 1.807) is 18.2 Å². The number of ether oxygens (including phenoxy) is 1. The molecule has 3 N–H and O–H groups in total. The Bertz CT molecular complexity index is 910. The number of carbonyl (C=O) groups is 2. The van der Waals surface area contributed by atoms with Gasteiger partial charge in [-0.1, -0.05) is 41.9 Å². The number of carbonyl (C=O) groups excluding carboxylic acids is 2. The fraction of sp³-hybridized carbons (Fsp3) is 0.250. The third-order valence-electron chi connectivity index (χ3n) is 4.52. The molecule has 152 valence electrons. The van der Waals surface area contributed by atoms with Crippen LogP contribution in [0, 0.1) is 5.92 Å². The Balaban J connectivity index is 1.52. The van der Waals surface area contributed by atoms with E-state index in [9.17, 15) is 9.59 Å². The second-order valence-electron chi connectivity index (χ2n) is 6.50. The number of nitrogens with one attached hydrogen (secondary N) is 3. The molecule has 0 radical (unpaired) electrons. The lowest BCUT2D eigenvalue weighted by molar-refractivity contribution is -0.126. The number of halogens is 1. The quantitative estimate of drug-likeness (QED) is 0.497. The summed E-state index contributed by atoms with van der Waals surface area (Å²) in [6.45, 7) is 0.764. The number of thiocarbonyl (C=S) groups is 1. The van der Waals surface area contributed by atoms with E-state index in [1.165, 1.54) is 12.0 Å². The molecule has 3 rings (SSSR count). The van der Waals surface area contributed by atoms with Crippen molar-refractivity contribution in [2.75, 3.05) is 18.6 Å². The molecular formula is C20H21ClN4O3S. The summed E-state index contributed by atoms with van der Waals surface area (Å²) < 4.78 is 5.31. The molecule has 0 bridgehead atoms. The average Bonchev–Trinajstić information content (AvgIpc) is 3.12. The zero-order valence-electron chi connectivity index (χ0n) is 15.8. The summed E-state index contributed by atoms with van der Waals surface area (Å²) >= 11 is 11.2. The first-order chi connectivity index (χ1) is 14.0. The highest BCUT2D eigenvalue weighted by atomic mass is 35.5. The molecule has 0 spiro atoms. The summed E-state index contributed by atoms with van der Waals surface area (Å²) in [6.07, 6.45) is 0.0907. The van der Waals surface area contributed by atoms with Gasteiger partial charge in [-0.3, -0.25) is 20.4 Å². The first-order valence-electron chi connectivity index (χ1n) is 8.99. The molecule has 7 nitrogen and oxygen atoms in total. The van der Waals surface area contributed by atoms with Crippen LogP contribution >= 0.6 is 23.8 Å². The van der Waals surface area contributed by atoms with Gasteiger partial charge >= 0.3 is 0 Å². The maximum Gasteiger partial charge on any atom is 0.243 e. The predicted octanol–water partition coefficient (Wildman–Crippen LogP) is 2.40. The molecule has 0 aliphatic carbocycles. The summed E-state index contributed by atoms with van der Waals surface area (Å²) in [4.78, 5) is 26.4. The molecule has 1 aliphatic rings. The van der Waals surface area contributed by atoms with Crippen molar-refractivity contribution in [3.8, 4) is 5.75 Å². The second kappa shape index (κ2) is 9.58. The lowest BCUT2D eigenvalue weighted by Gasteiger charge is -2.20. The van der Waals surface area contributed by atoms with E-state index in [0.717, 1.165) is 5.56 Å². The van der Waals surface area contributed by atoms with Gasteiger partial charge in [-0.15, -0.1) is 0 Å². The first-order valence-corrected chi connectivity index (χ1v) is 9.78. The van der Waals surface area contributed by atoms with E-state index < -0.39 is 5.92 Å². The number of amides is 2. The van der Waals surface area contributed by atoms with Crippen molar-refractivity contribution in [1.29, 1.82) is 0 Å². The minimum absolute atomic E-state index is 0.0907. The van der Waals surface area contributed by atoms with Crippen LogP contribution < -0.4 is 25.8 Å². The Morgan fingerprint density at radius 1 is 1.24 bits per heavy atom. The lowest BCUT2D eigenvalue weighted by Crippen LogP contribution is -2.48. The number of rotatable bonds is 5. The summed E-state index contributed by atoms with van der Waals surface area (Å²) in [5.41, 5.74) is 6.85. The average molecular weight is 433 g/mol. The van der Waals surface area contributed by atoms with Gasteiger partial charge in [0.15, 0.2) is 5.11 Å². The Morgan fingerprint density at radius 3 is 2.72 bits per heavy atom. The van der Waals surface area contributed by atoms with Crippen LogP contribution in [0.2, 0.25) is 5.02 Å². The maximum atomic E-state index is 12.5. The van der Waals surface area contributed by atoms with Crippen molar-refractivity contribution in [1.82, 2.24) is 16.2 Å². The van der Waals surface area contributed by atoms with Crippen molar-refractivity contribution in [3.63, 3.8) is 0 Å². The topological polar surface area (TPSA) is 82.7 Å². The van der Waals surface area contributed by atoms with Crippen LogP contribution in [-0.4, -0.2) is 30.6 Å². The van der Waals surface area contributed by atoms with E-state index in [2.05, 4.69) is 16.2 Å². The Morgan fingerprint density at radius 2 is 2.00 bits per heavy atom. The smallest absolute Gasteiger partial charge is 0.243 e. The standard InChI is InChI=1S/C20H21ClN4O3S/c1-28-17-8-7-15(21)10-16(17)25-12-14(9-18(25)26)19(27)23-24-20(29)22-11-13-5-3-2-4-6-13/h2-8,10,14H,9,11-12H2,1H3,(H,23,27)(H2,22,24,29). The fourth-order valence-electron chi connectivity index (χ4n) is 3.03. The van der Waals surface area contributed by atoms with Gasteiger partial charge in [0, 0.05) is 24.5 Å². The van der Waals surface area contributed by atoms with E-state index in [0.29, 0.717) is 28.1 Å². The molecule has 1 fully saturated rings. The molecule has 1 unspecified atom stereocenters. The molecule has 1 saturated heterocycles. The number of hydrazine groups is 1. The van der Waals surface area contributed by atoms with Crippen LogP contribution in [0.1, 0.15) is 12.0 Å². The summed E-state index contributed by atoms with van der Waals surface area (Å²) in [5.74, 6) is -0.481. The van der Waals surface area contributed by atoms with Crippen LogP contribution in [0.4, 0.5) is 5.69 Å². The number of nitrogens with zero attached hydrogens (tertiary/aromatic N) is 1. The normalized spacial score (nSPS) is 15.7. The third kappa shape index (κ3) is 5.36. The molecule has 2 amide bonds. The molecule has 9 heteroatoms. The fourth-order valence-corrected chi connectivity index (χ4v) is 3.32. The van der Waals surface area contributed by atoms with Gasteiger partial charge in [-0.05, 0) is 36.0 Å². The molecule has 0 saturated carbocycles. The molecule has 29 heavy (non-hydrogen) atoms. The van der Waals surface area contributed by atoms with E-state index in [1.807, 2.05) is 30.3 Å². The molecule has 0 aromatic heterocycles. The Labute approximate surface area is 179 Å². The zero-order valence-corrected chi connectivity index (χ0v) is 17.3. The minimum atomic E-state index is -0.518. The van der Waals surface area contributed by atoms with Gasteiger partial charge in [-0.2, -0.15) is 0 Å². The van der Waals surface area contributed by atoms with Gasteiger partial charge in [0.05, 0.1) is 18.7 Å². The van der Waals surface area contributed by atoms with Gasteiger partial charge in [0.1, 0.15) is 5.75 Å². The van der Waals surface area contributed by atoms with Gasteiger partial charge < -0.3 is 15.0 Å². The molecular weight excluding hydrogens is 412 g/mol. The lowest BCUT2D eigenvalue weighted by atomic mass is 10.1. The van der Waals surface area contributed by atoms with Crippen molar-refractivity contribution >= 4 is 46.4 Å². The van der Waals surface area contributed by atoms with E-state index >= 15 is 0 Å². The number of benzene rings is 2. The third-order valence-corrected chi connectivity index (χ3v) is 5.00. The van der Waals surface area contributed by atoms with Gasteiger partial charge in [0.25, 0.3) is 0 Å². The van der Waals surface area contributed by atoms with Crippen molar-refractivity contribution in [2.24, 2.45) is 5.92 Å². The van der Waals surface area contributed by atoms with Gasteiger partial charge in [0.2, 0.25) is 11.8 Å². The van der Waals surface area contributed by atoms with Crippen LogP contribution in [0.15, 0.2) is 48.5 Å². The minimum Gasteiger partial charge on any atom is -0.495 e. The maximum absolute atomic E-state index is 12.5. The number of methoxy groups -OCH3 is 1. The summed E-state index contributed by atoms with van der Waals surface area (Å²) in [7, 11) is 1.52. The predicted molar refractivity (Wildman–Crippen MR) is 116 cm³/mol. The first kappa shape index (κ1) is 20.9. The summed E-state index contributed by atoms with van der Waals surface area (Å²) in [6, 6.07) is 14.8. The van der Waals surface area contributed by atoms with Crippen LogP contribution in [0.25, 0.3) is 0 Å². The van der Waals surface area contributed by atoms with Crippen LogP contribution in [-0.2, 0) is 16.1 Å². The van der Waals surface area contributed by atoms with Crippen LogP contribution in [0.3, 0.4) is 0 Å². The number of anilines is 1. The van der Waals surface area contributed by atoms with Crippen molar-refractivity contribution in [3.05, 3.63) is 59.1 Å². The molecule has 1 atom stereocenters. The van der Waals surface area contributed by atoms with Gasteiger partial charge in [-0.25, -0.2) is 0 Å². The van der Waals surface area contributed by atoms with E-state index in [4.69, 9.17) is 28.6 Å². The highest BCUT2D eigenvalue weighted by Gasteiger charge is 2.36. The molecule has 2 aromatic carbocycles. The second-order valence-corrected chi connectivity index (χ2v) is 7.35. The molecule has 1 heterocycles. The van der Waals surface area contributed by atoms with Crippen LogP contribution in [0.5, 0.6) is 5.75 Å². The molecule has 2 aromatic rings.